The Hall–Kier alpha value is -2.36. The summed E-state index contributed by atoms with van der Waals surface area (Å²) in [5, 5.41) is 5.58. The number of thioether (sulfide) groups is 1. The van der Waals surface area contributed by atoms with Crippen LogP contribution in [0, 0.1) is 5.92 Å². The minimum Gasteiger partial charge on any atom is -0.326 e. The van der Waals surface area contributed by atoms with Gasteiger partial charge >= 0.3 is 0 Å². The molecule has 0 aromatic heterocycles. The van der Waals surface area contributed by atoms with Crippen molar-refractivity contribution < 1.29 is 18.0 Å². The van der Waals surface area contributed by atoms with Gasteiger partial charge in [-0.3, -0.25) is 9.59 Å². The number of anilines is 2. The molecule has 0 saturated carbocycles. The van der Waals surface area contributed by atoms with Gasteiger partial charge in [0.2, 0.25) is 21.8 Å². The molecular weight excluding hydrogens is 446 g/mol. The second-order valence-electron chi connectivity index (χ2n) is 8.09. The van der Waals surface area contributed by atoms with Crippen LogP contribution in [0.5, 0.6) is 0 Å². The highest BCUT2D eigenvalue weighted by molar-refractivity contribution is 8.01. The Morgan fingerprint density at radius 1 is 1.19 bits per heavy atom. The molecule has 2 heterocycles. The van der Waals surface area contributed by atoms with Gasteiger partial charge < -0.3 is 10.6 Å². The molecule has 0 radical (unpaired) electrons. The Kier molecular flexibility index (Phi) is 6.60. The molecule has 4 rings (SSSR count). The van der Waals surface area contributed by atoms with Gasteiger partial charge in [0.05, 0.1) is 15.8 Å². The molecule has 1 atom stereocenters. The largest absolute Gasteiger partial charge is 0.326 e. The van der Waals surface area contributed by atoms with Gasteiger partial charge in [0.1, 0.15) is 0 Å². The number of carbonyl (C=O) groups excluding carboxylic acids is 2. The number of hydrogen-bond donors (Lipinski definition) is 2. The smallest absolute Gasteiger partial charge is 0.243 e. The number of nitrogens with one attached hydrogen (secondary N) is 2. The van der Waals surface area contributed by atoms with E-state index < -0.39 is 10.0 Å². The molecule has 2 aliphatic heterocycles. The predicted molar refractivity (Wildman–Crippen MR) is 126 cm³/mol. The summed E-state index contributed by atoms with van der Waals surface area (Å²) in [6.07, 6.45) is 1.76. The maximum atomic E-state index is 13.2. The van der Waals surface area contributed by atoms with Crippen LogP contribution in [0.25, 0.3) is 0 Å². The van der Waals surface area contributed by atoms with Gasteiger partial charge in [-0.15, -0.1) is 11.8 Å². The van der Waals surface area contributed by atoms with Crippen molar-refractivity contribution in [1.82, 2.24) is 4.31 Å². The Labute approximate surface area is 193 Å². The number of carbonyl (C=O) groups is 2. The molecule has 7 nitrogen and oxygen atoms in total. The summed E-state index contributed by atoms with van der Waals surface area (Å²) in [6.45, 7) is 4.42. The summed E-state index contributed by atoms with van der Waals surface area (Å²) in [6, 6.07) is 12.6. The van der Waals surface area contributed by atoms with Crippen LogP contribution in [0.3, 0.4) is 0 Å². The minimum absolute atomic E-state index is 0.0643. The quantitative estimate of drug-likeness (QED) is 0.690. The Balaban J connectivity index is 1.42. The molecule has 2 amide bonds. The van der Waals surface area contributed by atoms with Crippen LogP contribution in [-0.2, 0) is 26.0 Å². The number of benzene rings is 2. The Morgan fingerprint density at radius 2 is 1.91 bits per heavy atom. The van der Waals surface area contributed by atoms with E-state index in [2.05, 4.69) is 10.6 Å². The van der Waals surface area contributed by atoms with Gasteiger partial charge in [0.15, 0.2) is 0 Å². The normalized spacial score (nSPS) is 19.8. The zero-order valence-corrected chi connectivity index (χ0v) is 19.8. The lowest BCUT2D eigenvalue weighted by Crippen LogP contribution is -2.41. The fourth-order valence-electron chi connectivity index (χ4n) is 4.04. The fourth-order valence-corrected chi connectivity index (χ4v) is 6.47. The highest BCUT2D eigenvalue weighted by Gasteiger charge is 2.33. The number of sulfonamides is 1. The highest BCUT2D eigenvalue weighted by Crippen LogP contribution is 2.37. The van der Waals surface area contributed by atoms with Crippen LogP contribution >= 0.6 is 11.8 Å². The first kappa shape index (κ1) is 22.8. The van der Waals surface area contributed by atoms with Crippen LogP contribution in [0.2, 0.25) is 0 Å². The first-order chi connectivity index (χ1) is 15.3. The third-order valence-electron chi connectivity index (χ3n) is 6.00. The molecule has 170 valence electrons. The molecule has 0 aliphatic carbocycles. The zero-order valence-electron chi connectivity index (χ0n) is 18.1. The molecule has 1 fully saturated rings. The van der Waals surface area contributed by atoms with Gasteiger partial charge in [-0.1, -0.05) is 25.1 Å². The molecule has 1 saturated heterocycles. The van der Waals surface area contributed by atoms with Crippen LogP contribution in [0.4, 0.5) is 11.4 Å². The molecule has 0 unspecified atom stereocenters. The minimum atomic E-state index is -3.70. The standard InChI is InChI=1S/C23H27N3O4S2/c1-3-16-6-4-5-7-19(16)24-23(28)17-10-12-26(13-11-17)32(29,30)18-8-9-21-20(14-18)25-22(27)15(2)31-21/h4-9,14-15,17H,3,10-13H2,1-2H3,(H,24,28)(H,25,27)/t15-/m0/s1. The summed E-state index contributed by atoms with van der Waals surface area (Å²) < 4.78 is 27.8. The molecule has 2 aliphatic rings. The molecular formula is C23H27N3O4S2. The van der Waals surface area contributed by atoms with E-state index in [4.69, 9.17) is 0 Å². The number of aryl methyl sites for hydroxylation is 1. The number of piperidine rings is 1. The second kappa shape index (κ2) is 9.25. The van der Waals surface area contributed by atoms with Crippen molar-refractivity contribution in [2.75, 3.05) is 23.7 Å². The molecule has 32 heavy (non-hydrogen) atoms. The third-order valence-corrected chi connectivity index (χ3v) is 9.07. The molecule has 0 spiro atoms. The Morgan fingerprint density at radius 3 is 2.62 bits per heavy atom. The van der Waals surface area contributed by atoms with Crippen LogP contribution in [0.1, 0.15) is 32.3 Å². The monoisotopic (exact) mass is 473 g/mol. The maximum absolute atomic E-state index is 13.2. The molecule has 2 N–H and O–H groups in total. The lowest BCUT2D eigenvalue weighted by molar-refractivity contribution is -0.121. The van der Waals surface area contributed by atoms with Crippen molar-refractivity contribution in [1.29, 1.82) is 0 Å². The van der Waals surface area contributed by atoms with Gasteiger partial charge in [-0.2, -0.15) is 4.31 Å². The van der Waals surface area contributed by atoms with Crippen molar-refractivity contribution in [3.05, 3.63) is 48.0 Å². The first-order valence-corrected chi connectivity index (χ1v) is 13.1. The maximum Gasteiger partial charge on any atom is 0.243 e. The zero-order chi connectivity index (χ0) is 22.9. The van der Waals surface area contributed by atoms with Gasteiger partial charge in [-0.05, 0) is 56.0 Å². The van der Waals surface area contributed by atoms with E-state index in [9.17, 15) is 18.0 Å². The van der Waals surface area contributed by atoms with E-state index in [-0.39, 0.29) is 41.0 Å². The lowest BCUT2D eigenvalue weighted by atomic mass is 9.97. The van der Waals surface area contributed by atoms with Gasteiger partial charge in [-0.25, -0.2) is 8.42 Å². The average Bonchev–Trinajstić information content (AvgIpc) is 2.80. The number of amides is 2. The topological polar surface area (TPSA) is 95.6 Å². The van der Waals surface area contributed by atoms with Crippen LogP contribution in [-0.4, -0.2) is 42.9 Å². The third kappa shape index (κ3) is 4.55. The van der Waals surface area contributed by atoms with E-state index in [1.165, 1.54) is 22.1 Å². The second-order valence-corrected chi connectivity index (χ2v) is 11.4. The van der Waals surface area contributed by atoms with Crippen molar-refractivity contribution in [3.63, 3.8) is 0 Å². The molecule has 0 bridgehead atoms. The first-order valence-electron chi connectivity index (χ1n) is 10.8. The van der Waals surface area contributed by atoms with Crippen molar-refractivity contribution in [2.45, 2.75) is 48.2 Å². The molecule has 9 heteroatoms. The summed E-state index contributed by atoms with van der Waals surface area (Å²) in [7, 11) is -3.70. The molecule has 2 aromatic rings. The van der Waals surface area contributed by atoms with Gasteiger partial charge in [0, 0.05) is 29.6 Å². The van der Waals surface area contributed by atoms with Crippen LogP contribution < -0.4 is 10.6 Å². The lowest BCUT2D eigenvalue weighted by Gasteiger charge is -2.31. The van der Waals surface area contributed by atoms with E-state index in [0.29, 0.717) is 18.5 Å². The summed E-state index contributed by atoms with van der Waals surface area (Å²) in [4.78, 5) is 25.7. The number of nitrogens with zero attached hydrogens (tertiary/aromatic N) is 1. The summed E-state index contributed by atoms with van der Waals surface area (Å²) >= 11 is 1.42. The van der Waals surface area contributed by atoms with Crippen LogP contribution in [0.15, 0.2) is 52.3 Å². The number of fused-ring (bicyclic) bond motifs is 1. The number of rotatable bonds is 5. The van der Waals surface area contributed by atoms with E-state index in [1.54, 1.807) is 12.1 Å². The molecule has 2 aromatic carbocycles. The predicted octanol–water partition coefficient (Wildman–Crippen LogP) is 3.72. The van der Waals surface area contributed by atoms with E-state index in [0.717, 1.165) is 22.6 Å². The van der Waals surface area contributed by atoms with Gasteiger partial charge in [0.25, 0.3) is 0 Å². The highest BCUT2D eigenvalue weighted by atomic mass is 32.2. The SMILES string of the molecule is CCc1ccccc1NC(=O)C1CCN(S(=O)(=O)c2ccc3c(c2)NC(=O)[C@H](C)S3)CC1. The Bertz CT molecular complexity index is 1140. The van der Waals surface area contributed by atoms with Crippen molar-refractivity contribution in [3.8, 4) is 0 Å². The number of hydrogen-bond acceptors (Lipinski definition) is 5. The summed E-state index contributed by atoms with van der Waals surface area (Å²) in [5.74, 6) is -0.425. The van der Waals surface area contributed by atoms with Crippen molar-refractivity contribution in [2.24, 2.45) is 5.92 Å². The number of para-hydroxylation sites is 1. The van der Waals surface area contributed by atoms with E-state index in [1.807, 2.05) is 38.1 Å². The van der Waals surface area contributed by atoms with Crippen molar-refractivity contribution >= 4 is 45.0 Å². The fraction of sp³-hybridized carbons (Fsp3) is 0.391. The average molecular weight is 474 g/mol. The summed E-state index contributed by atoms with van der Waals surface area (Å²) in [5.41, 5.74) is 2.43. The van der Waals surface area contributed by atoms with E-state index >= 15 is 0 Å².